The Kier molecular flexibility index (Phi) is 8.55. The molecule has 4 aromatic rings. The van der Waals surface area contributed by atoms with E-state index in [-0.39, 0.29) is 36.1 Å². The highest BCUT2D eigenvalue weighted by molar-refractivity contribution is 8.00. The van der Waals surface area contributed by atoms with Crippen LogP contribution in [0.2, 0.25) is 10.0 Å². The highest BCUT2D eigenvalue weighted by atomic mass is 35.5. The molecule has 0 spiro atoms. The highest BCUT2D eigenvalue weighted by Gasteiger charge is 2.58. The van der Waals surface area contributed by atoms with Crippen molar-refractivity contribution in [3.8, 4) is 0 Å². The smallest absolute Gasteiger partial charge is 0.325 e. The maximum absolute atomic E-state index is 14.0. The number of carbonyl (C=O) groups is 3. The Morgan fingerprint density at radius 1 is 0.957 bits per heavy atom. The molecule has 3 N–H and O–H groups in total. The quantitative estimate of drug-likeness (QED) is 0.254. The summed E-state index contributed by atoms with van der Waals surface area (Å²) in [6.45, 7) is -0.551. The second kappa shape index (κ2) is 12.1. The van der Waals surface area contributed by atoms with Crippen molar-refractivity contribution in [1.82, 2.24) is 4.57 Å². The fraction of sp³-hybridized carbons (Fsp3) is 0.172. The number of rotatable bonds is 6. The fourth-order valence-corrected chi connectivity index (χ4v) is 9.27. The lowest BCUT2D eigenvalue weighted by Crippen LogP contribution is -2.33. The number of primary sulfonamides is 1. The zero-order valence-corrected chi connectivity index (χ0v) is 27.3. The number of imide groups is 1. The van der Waals surface area contributed by atoms with Crippen molar-refractivity contribution in [2.75, 3.05) is 10.2 Å². The molecule has 0 radical (unpaired) electrons. The van der Waals surface area contributed by atoms with E-state index in [0.717, 1.165) is 34.5 Å². The molecule has 2 unspecified atom stereocenters. The van der Waals surface area contributed by atoms with E-state index in [2.05, 4.69) is 5.32 Å². The van der Waals surface area contributed by atoms with Crippen LogP contribution in [0.4, 0.5) is 24.5 Å². The van der Waals surface area contributed by atoms with Gasteiger partial charge in [-0.05, 0) is 48.0 Å². The SMILES string of the molecule is NS(=O)(=O)c1ccc(NC(=O)Cn2c3c(sc2=O)[C@H](c2cccc(Cl)c2Cl)C2C(=O)N(c4ccccc4C(F)(F)F)C(=O)C2S3)cc1. The minimum absolute atomic E-state index is 0.0261. The lowest BCUT2D eigenvalue weighted by molar-refractivity contribution is -0.137. The van der Waals surface area contributed by atoms with Crippen molar-refractivity contribution in [3.05, 3.63) is 102 Å². The van der Waals surface area contributed by atoms with Crippen molar-refractivity contribution in [2.45, 2.75) is 33.8 Å². The Bertz CT molecular complexity index is 2140. The van der Waals surface area contributed by atoms with Crippen molar-refractivity contribution < 1.29 is 36.0 Å². The Hall–Kier alpha value is -3.67. The maximum Gasteiger partial charge on any atom is 0.418 e. The maximum atomic E-state index is 14.0. The van der Waals surface area contributed by atoms with Crippen LogP contribution in [0.1, 0.15) is 21.9 Å². The number of benzene rings is 3. The zero-order valence-electron chi connectivity index (χ0n) is 23.3. The molecule has 1 aromatic heterocycles. The van der Waals surface area contributed by atoms with Gasteiger partial charge in [0.25, 0.3) is 0 Å². The largest absolute Gasteiger partial charge is 0.418 e. The van der Waals surface area contributed by atoms with E-state index in [1.165, 1.54) is 36.4 Å². The van der Waals surface area contributed by atoms with Gasteiger partial charge in [-0.15, -0.1) is 0 Å². The van der Waals surface area contributed by atoms with Crippen LogP contribution in [0.25, 0.3) is 0 Å². The first-order chi connectivity index (χ1) is 22.1. The average Bonchev–Trinajstić information content (AvgIpc) is 3.44. The number of halogens is 5. The Labute approximate surface area is 282 Å². The predicted molar refractivity (Wildman–Crippen MR) is 170 cm³/mol. The number of amides is 3. The second-order valence-corrected chi connectivity index (χ2v) is 14.9. The number of alkyl halides is 3. The number of hydrogen-bond acceptors (Lipinski definition) is 8. The number of hydrogen-bond donors (Lipinski definition) is 2. The second-order valence-electron chi connectivity index (χ2n) is 10.5. The van der Waals surface area contributed by atoms with Crippen molar-refractivity contribution in [3.63, 3.8) is 0 Å². The molecule has 18 heteroatoms. The molecule has 47 heavy (non-hydrogen) atoms. The van der Waals surface area contributed by atoms with Crippen LogP contribution >= 0.6 is 46.3 Å². The van der Waals surface area contributed by atoms with Gasteiger partial charge in [-0.1, -0.05) is 70.6 Å². The van der Waals surface area contributed by atoms with Gasteiger partial charge < -0.3 is 5.32 Å². The van der Waals surface area contributed by atoms with Gasteiger partial charge in [-0.2, -0.15) is 13.2 Å². The summed E-state index contributed by atoms with van der Waals surface area (Å²) in [5.74, 6) is -4.88. The van der Waals surface area contributed by atoms with E-state index in [9.17, 15) is 40.8 Å². The highest BCUT2D eigenvalue weighted by Crippen LogP contribution is 2.56. The summed E-state index contributed by atoms with van der Waals surface area (Å²) in [6, 6.07) is 13.8. The molecule has 0 aliphatic carbocycles. The summed E-state index contributed by atoms with van der Waals surface area (Å²) < 4.78 is 66.1. The monoisotopic (exact) mass is 742 g/mol. The number of fused-ring (bicyclic) bond motifs is 2. The lowest BCUT2D eigenvalue weighted by Gasteiger charge is -2.31. The van der Waals surface area contributed by atoms with Crippen LogP contribution in [-0.4, -0.2) is 36.0 Å². The first-order valence-corrected chi connectivity index (χ1v) is 17.4. The molecule has 2 aliphatic heterocycles. The average molecular weight is 744 g/mol. The van der Waals surface area contributed by atoms with Crippen LogP contribution in [0.5, 0.6) is 0 Å². The summed E-state index contributed by atoms with van der Waals surface area (Å²) >= 11 is 14.4. The van der Waals surface area contributed by atoms with Gasteiger partial charge in [-0.25, -0.2) is 18.5 Å². The van der Waals surface area contributed by atoms with Gasteiger partial charge in [0.1, 0.15) is 11.8 Å². The molecule has 2 aliphatic rings. The molecule has 3 amide bonds. The summed E-state index contributed by atoms with van der Waals surface area (Å²) in [4.78, 5) is 54.4. The van der Waals surface area contributed by atoms with E-state index < -0.39 is 73.7 Å². The van der Waals surface area contributed by atoms with E-state index in [1.54, 1.807) is 12.1 Å². The molecular weight excluding hydrogens is 724 g/mol. The molecule has 3 heterocycles. The van der Waals surface area contributed by atoms with Crippen molar-refractivity contribution in [1.29, 1.82) is 0 Å². The Morgan fingerprint density at radius 2 is 1.64 bits per heavy atom. The molecule has 3 atom stereocenters. The number of para-hydroxylation sites is 1. The van der Waals surface area contributed by atoms with Crippen LogP contribution in [-0.2, 0) is 37.1 Å². The van der Waals surface area contributed by atoms with E-state index in [4.69, 9.17) is 28.3 Å². The number of nitrogens with one attached hydrogen (secondary N) is 1. The minimum atomic E-state index is -4.88. The first kappa shape index (κ1) is 33.2. The molecule has 3 aromatic carbocycles. The summed E-state index contributed by atoms with van der Waals surface area (Å²) in [7, 11) is -3.97. The molecule has 10 nitrogen and oxygen atoms in total. The number of thioether (sulfide) groups is 1. The Balaban J connectivity index is 1.42. The Morgan fingerprint density at radius 3 is 2.30 bits per heavy atom. The third-order valence-electron chi connectivity index (χ3n) is 7.58. The summed E-state index contributed by atoms with van der Waals surface area (Å²) in [5.41, 5.74) is -1.33. The standard InChI is InChI=1S/C29H19Cl2F3N4O6S3/c30-17-6-3-4-15(22(17)31)20-21-23(26(41)38(25(21)40)18-7-2-1-5-16(18)29(32,33)34)45-27-24(20)46-28(42)37(27)12-19(39)36-13-8-10-14(11-9-13)47(35,43)44/h1-11,20-21,23H,12H2,(H,36,39)(H2,35,43,44)/t20-,21?,23?/m1/s1. The summed E-state index contributed by atoms with van der Waals surface area (Å²) in [5, 5.41) is 6.66. The molecule has 1 saturated heterocycles. The van der Waals surface area contributed by atoms with Crippen LogP contribution in [0.15, 0.2) is 81.4 Å². The fourth-order valence-electron chi connectivity index (χ4n) is 5.57. The predicted octanol–water partition coefficient (Wildman–Crippen LogP) is 5.32. The summed E-state index contributed by atoms with van der Waals surface area (Å²) in [6.07, 6.45) is -4.88. The number of thiazole rings is 1. The van der Waals surface area contributed by atoms with Crippen LogP contribution in [0.3, 0.4) is 0 Å². The van der Waals surface area contributed by atoms with Gasteiger partial charge in [0.15, 0.2) is 0 Å². The number of aromatic nitrogens is 1. The molecular formula is C29H19Cl2F3N4O6S3. The van der Waals surface area contributed by atoms with E-state index >= 15 is 0 Å². The minimum Gasteiger partial charge on any atom is -0.325 e. The van der Waals surface area contributed by atoms with Crippen LogP contribution < -0.4 is 20.2 Å². The number of nitrogens with two attached hydrogens (primary N) is 1. The van der Waals surface area contributed by atoms with Gasteiger partial charge in [0.2, 0.25) is 27.7 Å². The zero-order chi connectivity index (χ0) is 34.0. The third kappa shape index (κ3) is 5.98. The van der Waals surface area contributed by atoms with E-state index in [0.29, 0.717) is 16.2 Å². The molecule has 244 valence electrons. The van der Waals surface area contributed by atoms with E-state index in [1.807, 2.05) is 0 Å². The topological polar surface area (TPSA) is 149 Å². The number of sulfonamides is 1. The normalized spacial score (nSPS) is 19.4. The van der Waals surface area contributed by atoms with Crippen molar-refractivity contribution >= 4 is 85.4 Å². The third-order valence-corrected chi connectivity index (χ3v) is 12.0. The first-order valence-electron chi connectivity index (χ1n) is 13.4. The number of anilines is 2. The van der Waals surface area contributed by atoms with Crippen LogP contribution in [0, 0.1) is 5.92 Å². The van der Waals surface area contributed by atoms with Gasteiger partial charge in [0, 0.05) is 16.5 Å². The van der Waals surface area contributed by atoms with Gasteiger partial charge in [-0.3, -0.25) is 23.7 Å². The molecule has 1 fully saturated rings. The van der Waals surface area contributed by atoms with Gasteiger partial charge >= 0.3 is 11.0 Å². The van der Waals surface area contributed by atoms with Crippen molar-refractivity contribution in [2.24, 2.45) is 11.1 Å². The number of nitrogens with zero attached hydrogens (tertiary/aromatic N) is 2. The molecule has 6 rings (SSSR count). The number of carbonyl (C=O) groups excluding carboxylic acids is 3. The van der Waals surface area contributed by atoms with Gasteiger partial charge in [0.05, 0.1) is 37.1 Å². The molecule has 0 bridgehead atoms. The lowest BCUT2D eigenvalue weighted by atomic mass is 9.83. The molecule has 0 saturated carbocycles.